The Hall–Kier alpha value is -2.59. The standard InChI is InChI=1S/C23H29NO7S2/c1-3-4-5-6-7-8-11-31-17-10-9-15(12-18(17)30-2)13-19-21(27)24(23(32)33-19)16(22(28)29)14-20(25)26/h9-10,12-13,16H,3-8,11,14H2,1-2H3,(H,25,26)(H,28,29). The van der Waals surface area contributed by atoms with Gasteiger partial charge in [-0.25, -0.2) is 4.79 Å². The normalized spacial score (nSPS) is 15.7. The van der Waals surface area contributed by atoms with Gasteiger partial charge in [0, 0.05) is 0 Å². The van der Waals surface area contributed by atoms with Gasteiger partial charge in [0.15, 0.2) is 11.5 Å². The molecule has 0 saturated carbocycles. The Bertz CT molecular complexity index is 916. The number of amides is 1. The first-order valence-corrected chi connectivity index (χ1v) is 12.0. The smallest absolute Gasteiger partial charge is 0.327 e. The van der Waals surface area contributed by atoms with E-state index >= 15 is 0 Å². The van der Waals surface area contributed by atoms with E-state index in [0.29, 0.717) is 23.7 Å². The Labute approximate surface area is 202 Å². The zero-order valence-electron chi connectivity index (χ0n) is 18.7. The van der Waals surface area contributed by atoms with Gasteiger partial charge in [-0.3, -0.25) is 14.5 Å². The molecule has 1 amide bonds. The molecular weight excluding hydrogens is 466 g/mol. The number of carbonyl (C=O) groups excluding carboxylic acids is 1. The Morgan fingerprint density at radius 1 is 1.15 bits per heavy atom. The van der Waals surface area contributed by atoms with Crippen LogP contribution in [0.3, 0.4) is 0 Å². The minimum absolute atomic E-state index is 0.00533. The van der Waals surface area contributed by atoms with Crippen LogP contribution < -0.4 is 9.47 Å². The number of hydrogen-bond donors (Lipinski definition) is 2. The average Bonchev–Trinajstić information content (AvgIpc) is 3.04. The summed E-state index contributed by atoms with van der Waals surface area (Å²) < 4.78 is 11.3. The second-order valence-corrected chi connectivity index (χ2v) is 9.21. The molecule has 0 bridgehead atoms. The maximum absolute atomic E-state index is 12.8. The first-order chi connectivity index (χ1) is 15.8. The van der Waals surface area contributed by atoms with Crippen LogP contribution in [-0.2, 0) is 14.4 Å². The van der Waals surface area contributed by atoms with Crippen LogP contribution in [-0.4, -0.2) is 57.0 Å². The number of aliphatic carboxylic acids is 2. The zero-order valence-corrected chi connectivity index (χ0v) is 20.4. The number of carboxylic acids is 2. The van der Waals surface area contributed by atoms with Crippen molar-refractivity contribution in [2.24, 2.45) is 0 Å². The molecule has 1 heterocycles. The van der Waals surface area contributed by atoms with Crippen molar-refractivity contribution >= 4 is 52.2 Å². The maximum Gasteiger partial charge on any atom is 0.327 e. The Kier molecular flexibility index (Phi) is 10.7. The molecule has 8 nitrogen and oxygen atoms in total. The lowest BCUT2D eigenvalue weighted by molar-refractivity contribution is -0.150. The molecule has 2 N–H and O–H groups in total. The van der Waals surface area contributed by atoms with E-state index < -0.39 is 30.3 Å². The van der Waals surface area contributed by atoms with Crippen molar-refractivity contribution in [3.05, 3.63) is 28.7 Å². The van der Waals surface area contributed by atoms with Gasteiger partial charge in [-0.1, -0.05) is 69.1 Å². The molecular formula is C23H29NO7S2. The van der Waals surface area contributed by atoms with Crippen molar-refractivity contribution in [1.82, 2.24) is 4.90 Å². The number of nitrogens with zero attached hydrogens (tertiary/aromatic N) is 1. The highest BCUT2D eigenvalue weighted by molar-refractivity contribution is 8.26. The summed E-state index contributed by atoms with van der Waals surface area (Å²) in [7, 11) is 1.53. The van der Waals surface area contributed by atoms with Crippen molar-refractivity contribution in [2.45, 2.75) is 57.9 Å². The van der Waals surface area contributed by atoms with Gasteiger partial charge >= 0.3 is 11.9 Å². The molecule has 1 aliphatic heterocycles. The summed E-state index contributed by atoms with van der Waals surface area (Å²) in [6, 6.07) is 3.67. The number of carbonyl (C=O) groups is 3. The molecule has 1 atom stereocenters. The molecule has 1 aliphatic rings. The van der Waals surface area contributed by atoms with E-state index in [2.05, 4.69) is 6.92 Å². The van der Waals surface area contributed by atoms with Crippen molar-refractivity contribution in [3.63, 3.8) is 0 Å². The van der Waals surface area contributed by atoms with E-state index in [1.165, 1.54) is 32.8 Å². The van der Waals surface area contributed by atoms with Gasteiger partial charge in [0.1, 0.15) is 10.4 Å². The molecule has 1 unspecified atom stereocenters. The number of thioether (sulfide) groups is 1. The maximum atomic E-state index is 12.8. The van der Waals surface area contributed by atoms with Crippen LogP contribution in [0.4, 0.5) is 0 Å². The molecule has 0 aromatic heterocycles. The quantitative estimate of drug-likeness (QED) is 0.218. The van der Waals surface area contributed by atoms with Crippen LogP contribution >= 0.6 is 24.0 Å². The molecule has 180 valence electrons. The van der Waals surface area contributed by atoms with Gasteiger partial charge in [-0.05, 0) is 30.2 Å². The first kappa shape index (κ1) is 26.7. The molecule has 1 aromatic rings. The van der Waals surface area contributed by atoms with Crippen molar-refractivity contribution in [3.8, 4) is 11.5 Å². The van der Waals surface area contributed by atoms with Crippen LogP contribution in [0.15, 0.2) is 23.1 Å². The lowest BCUT2D eigenvalue weighted by Crippen LogP contribution is -2.45. The minimum atomic E-state index is -1.56. The van der Waals surface area contributed by atoms with Gasteiger partial charge in [0.05, 0.1) is 25.0 Å². The highest BCUT2D eigenvalue weighted by Crippen LogP contribution is 2.36. The average molecular weight is 496 g/mol. The monoisotopic (exact) mass is 495 g/mol. The highest BCUT2D eigenvalue weighted by atomic mass is 32.2. The fourth-order valence-electron chi connectivity index (χ4n) is 3.31. The molecule has 10 heteroatoms. The summed E-state index contributed by atoms with van der Waals surface area (Å²) in [5, 5.41) is 18.3. The largest absolute Gasteiger partial charge is 0.493 e. The van der Waals surface area contributed by atoms with Crippen LogP contribution in [0.25, 0.3) is 6.08 Å². The summed E-state index contributed by atoms with van der Waals surface area (Å²) >= 11 is 6.08. The lowest BCUT2D eigenvalue weighted by Gasteiger charge is -2.21. The van der Waals surface area contributed by atoms with E-state index in [0.717, 1.165) is 29.5 Å². The fourth-order valence-corrected chi connectivity index (χ4v) is 4.67. The first-order valence-electron chi connectivity index (χ1n) is 10.8. The van der Waals surface area contributed by atoms with Crippen LogP contribution in [0.5, 0.6) is 11.5 Å². The number of carboxylic acid groups (broad SMARTS) is 2. The Morgan fingerprint density at radius 3 is 2.48 bits per heavy atom. The van der Waals surface area contributed by atoms with E-state index in [9.17, 15) is 19.5 Å². The fraction of sp³-hybridized carbons (Fsp3) is 0.478. The van der Waals surface area contributed by atoms with Gasteiger partial charge < -0.3 is 19.7 Å². The Balaban J connectivity index is 2.07. The SMILES string of the molecule is CCCCCCCCOc1ccc(C=C2SC(=S)N(C(CC(=O)O)C(=O)O)C2=O)cc1OC. The number of rotatable bonds is 14. The van der Waals surface area contributed by atoms with Crippen molar-refractivity contribution in [2.75, 3.05) is 13.7 Å². The molecule has 1 aromatic carbocycles. The number of unbranched alkanes of at least 4 members (excludes halogenated alkanes) is 5. The van der Waals surface area contributed by atoms with Gasteiger partial charge in [-0.2, -0.15) is 0 Å². The van der Waals surface area contributed by atoms with E-state index in [4.69, 9.17) is 26.8 Å². The van der Waals surface area contributed by atoms with Gasteiger partial charge in [-0.15, -0.1) is 0 Å². The van der Waals surface area contributed by atoms with Crippen LogP contribution in [0.2, 0.25) is 0 Å². The Morgan fingerprint density at radius 2 is 1.85 bits per heavy atom. The molecule has 2 rings (SSSR count). The lowest BCUT2D eigenvalue weighted by atomic mass is 10.1. The predicted molar refractivity (Wildman–Crippen MR) is 131 cm³/mol. The molecule has 0 aliphatic carbocycles. The second-order valence-electron chi connectivity index (χ2n) is 7.53. The molecule has 1 fully saturated rings. The number of methoxy groups -OCH3 is 1. The summed E-state index contributed by atoms with van der Waals surface area (Å²) in [6.45, 7) is 2.77. The summed E-state index contributed by atoms with van der Waals surface area (Å²) in [5.74, 6) is -2.28. The number of thiocarbonyl (C=S) groups is 1. The summed E-state index contributed by atoms with van der Waals surface area (Å²) in [6.07, 6.45) is 7.80. The third-order valence-corrected chi connectivity index (χ3v) is 6.36. The van der Waals surface area contributed by atoms with Crippen LogP contribution in [0, 0.1) is 0 Å². The molecule has 0 spiro atoms. The molecule has 1 saturated heterocycles. The number of benzene rings is 1. The topological polar surface area (TPSA) is 113 Å². The van der Waals surface area contributed by atoms with E-state index in [-0.39, 0.29) is 9.23 Å². The third-order valence-electron chi connectivity index (χ3n) is 5.03. The summed E-state index contributed by atoms with van der Waals surface area (Å²) in [4.78, 5) is 36.3. The number of ether oxygens (including phenoxy) is 2. The van der Waals surface area contributed by atoms with Gasteiger partial charge in [0.2, 0.25) is 0 Å². The summed E-state index contributed by atoms with van der Waals surface area (Å²) in [5.41, 5.74) is 0.643. The van der Waals surface area contributed by atoms with E-state index in [1.807, 2.05) is 0 Å². The third kappa shape index (κ3) is 7.75. The zero-order chi connectivity index (χ0) is 24.4. The number of hydrogen-bond acceptors (Lipinski definition) is 7. The van der Waals surface area contributed by atoms with E-state index in [1.54, 1.807) is 24.3 Å². The molecule has 0 radical (unpaired) electrons. The van der Waals surface area contributed by atoms with Crippen molar-refractivity contribution in [1.29, 1.82) is 0 Å². The predicted octanol–water partition coefficient (Wildman–Crippen LogP) is 4.56. The highest BCUT2D eigenvalue weighted by Gasteiger charge is 2.41. The molecule has 33 heavy (non-hydrogen) atoms. The van der Waals surface area contributed by atoms with Crippen molar-refractivity contribution < 1.29 is 34.1 Å². The van der Waals surface area contributed by atoms with Gasteiger partial charge in [0.25, 0.3) is 5.91 Å². The van der Waals surface area contributed by atoms with Crippen LogP contribution in [0.1, 0.15) is 57.4 Å². The minimum Gasteiger partial charge on any atom is -0.493 e. The second kappa shape index (κ2) is 13.2.